The van der Waals surface area contributed by atoms with Crippen molar-refractivity contribution >= 4 is 27.8 Å². The van der Waals surface area contributed by atoms with Crippen molar-refractivity contribution in [3.05, 3.63) is 64.7 Å². The van der Waals surface area contributed by atoms with E-state index in [4.69, 9.17) is 14.2 Å². The Balaban J connectivity index is 2.27. The number of benzene rings is 2. The molecule has 0 heterocycles. The van der Waals surface area contributed by atoms with Crippen molar-refractivity contribution in [2.45, 2.75) is 6.92 Å². The van der Waals surface area contributed by atoms with Crippen molar-refractivity contribution in [2.75, 3.05) is 20.3 Å². The Morgan fingerprint density at radius 1 is 1.22 bits per heavy atom. The maximum Gasteiger partial charge on any atom is 0.185 e. The largest absolute Gasteiger partial charge is 0.504 e. The Morgan fingerprint density at radius 2 is 2.00 bits per heavy atom. The normalized spacial score (nSPS) is 10.6. The molecule has 5 nitrogen and oxygen atoms in total. The van der Waals surface area contributed by atoms with Gasteiger partial charge in [-0.15, -0.1) is 0 Å². The van der Waals surface area contributed by atoms with Gasteiger partial charge in [-0.1, -0.05) is 18.7 Å². The summed E-state index contributed by atoms with van der Waals surface area (Å²) in [6, 6.07) is 8.10. The van der Waals surface area contributed by atoms with Crippen LogP contribution in [0.2, 0.25) is 0 Å². The fraction of sp³-hybridized carbons (Fsp3) is 0.190. The third-order valence-electron chi connectivity index (χ3n) is 3.57. The molecule has 0 aromatic heterocycles. The molecule has 0 bridgehead atoms. The van der Waals surface area contributed by atoms with Crippen LogP contribution in [0.3, 0.4) is 0 Å². The van der Waals surface area contributed by atoms with Crippen LogP contribution in [0.5, 0.6) is 23.0 Å². The molecule has 0 amide bonds. The van der Waals surface area contributed by atoms with Gasteiger partial charge in [0, 0.05) is 5.56 Å². The fourth-order valence-electron chi connectivity index (χ4n) is 2.33. The van der Waals surface area contributed by atoms with E-state index in [1.54, 1.807) is 18.2 Å². The van der Waals surface area contributed by atoms with E-state index in [9.17, 15) is 9.90 Å². The first kappa shape index (κ1) is 20.6. The van der Waals surface area contributed by atoms with Crippen LogP contribution in [-0.4, -0.2) is 31.2 Å². The highest BCUT2D eigenvalue weighted by atomic mass is 79.9. The van der Waals surface area contributed by atoms with Gasteiger partial charge in [0.05, 0.1) is 18.2 Å². The standard InChI is InChI=1S/C21H21BrO5/c1-4-10-27-21-16(22)11-14(12-20(21)26-5-2)6-8-17(23)15-7-9-18(24)19(13-15)25-3/h4,6-9,11-13,24H,1,5,10H2,2-3H3/b8-6+. The minimum Gasteiger partial charge on any atom is -0.504 e. The molecule has 0 atom stereocenters. The van der Waals surface area contributed by atoms with Crippen LogP contribution in [0.4, 0.5) is 0 Å². The molecule has 2 aromatic carbocycles. The first-order valence-corrected chi connectivity index (χ1v) is 9.08. The number of phenols is 1. The lowest BCUT2D eigenvalue weighted by Gasteiger charge is -2.13. The lowest BCUT2D eigenvalue weighted by atomic mass is 10.1. The van der Waals surface area contributed by atoms with Crippen LogP contribution in [0, 0.1) is 0 Å². The number of ketones is 1. The molecule has 27 heavy (non-hydrogen) atoms. The summed E-state index contributed by atoms with van der Waals surface area (Å²) in [4.78, 5) is 12.4. The van der Waals surface area contributed by atoms with Crippen molar-refractivity contribution < 1.29 is 24.1 Å². The van der Waals surface area contributed by atoms with Gasteiger partial charge in [-0.2, -0.15) is 0 Å². The first-order chi connectivity index (χ1) is 13.0. The van der Waals surface area contributed by atoms with Crippen LogP contribution in [0.25, 0.3) is 6.08 Å². The molecule has 2 rings (SSSR count). The summed E-state index contributed by atoms with van der Waals surface area (Å²) in [5.41, 5.74) is 1.19. The Bertz CT molecular complexity index is 858. The van der Waals surface area contributed by atoms with Gasteiger partial charge >= 0.3 is 0 Å². The summed E-state index contributed by atoms with van der Waals surface area (Å²) in [5.74, 6) is 1.18. The molecule has 6 heteroatoms. The Labute approximate surface area is 167 Å². The van der Waals surface area contributed by atoms with Crippen molar-refractivity contribution in [3.8, 4) is 23.0 Å². The van der Waals surface area contributed by atoms with Crippen LogP contribution < -0.4 is 14.2 Å². The number of phenolic OH excluding ortho intramolecular Hbond substituents is 1. The van der Waals surface area contributed by atoms with Gasteiger partial charge in [-0.05, 0) is 64.8 Å². The van der Waals surface area contributed by atoms with Gasteiger partial charge in [0.1, 0.15) is 6.61 Å². The Morgan fingerprint density at radius 3 is 2.67 bits per heavy atom. The van der Waals surface area contributed by atoms with Crippen LogP contribution in [0.15, 0.2) is 53.5 Å². The molecule has 0 saturated carbocycles. The molecule has 142 valence electrons. The summed E-state index contributed by atoms with van der Waals surface area (Å²) in [7, 11) is 1.43. The molecule has 0 radical (unpaired) electrons. The zero-order valence-electron chi connectivity index (χ0n) is 15.2. The summed E-state index contributed by atoms with van der Waals surface area (Å²) in [5, 5.41) is 9.63. The second-order valence-electron chi connectivity index (χ2n) is 5.45. The smallest absolute Gasteiger partial charge is 0.185 e. The SMILES string of the molecule is C=CCOc1c(Br)cc(/C=C/C(=O)c2ccc(O)c(OC)c2)cc1OCC. The summed E-state index contributed by atoms with van der Waals surface area (Å²) < 4.78 is 17.0. The summed E-state index contributed by atoms with van der Waals surface area (Å²) in [6.07, 6.45) is 4.79. The number of allylic oxidation sites excluding steroid dienone is 1. The van der Waals surface area contributed by atoms with Crippen LogP contribution in [0.1, 0.15) is 22.8 Å². The number of halogens is 1. The van der Waals surface area contributed by atoms with E-state index < -0.39 is 0 Å². The molecule has 0 fully saturated rings. The van der Waals surface area contributed by atoms with Crippen molar-refractivity contribution in [2.24, 2.45) is 0 Å². The second kappa shape index (κ2) is 9.83. The van der Waals surface area contributed by atoms with E-state index in [2.05, 4.69) is 22.5 Å². The first-order valence-electron chi connectivity index (χ1n) is 8.29. The molecular weight excluding hydrogens is 412 g/mol. The third kappa shape index (κ3) is 5.37. The monoisotopic (exact) mass is 432 g/mol. The lowest BCUT2D eigenvalue weighted by molar-refractivity contribution is 0.104. The maximum atomic E-state index is 12.4. The highest BCUT2D eigenvalue weighted by Crippen LogP contribution is 2.37. The average Bonchev–Trinajstić information content (AvgIpc) is 2.66. The lowest BCUT2D eigenvalue weighted by Crippen LogP contribution is -2.00. The highest BCUT2D eigenvalue weighted by Gasteiger charge is 2.12. The molecule has 0 aliphatic carbocycles. The van der Waals surface area contributed by atoms with E-state index in [-0.39, 0.29) is 17.3 Å². The predicted molar refractivity (Wildman–Crippen MR) is 109 cm³/mol. The van der Waals surface area contributed by atoms with Crippen molar-refractivity contribution in [1.29, 1.82) is 0 Å². The zero-order valence-corrected chi connectivity index (χ0v) is 16.8. The molecule has 0 unspecified atom stereocenters. The molecule has 0 saturated heterocycles. The maximum absolute atomic E-state index is 12.4. The van der Waals surface area contributed by atoms with E-state index in [1.807, 2.05) is 13.0 Å². The van der Waals surface area contributed by atoms with E-state index in [0.29, 0.717) is 34.7 Å². The number of carbonyl (C=O) groups excluding carboxylic acids is 1. The van der Waals surface area contributed by atoms with Gasteiger partial charge in [-0.3, -0.25) is 4.79 Å². The predicted octanol–water partition coefficient (Wildman–Crippen LogP) is 5.02. The number of methoxy groups -OCH3 is 1. The number of hydrogen-bond acceptors (Lipinski definition) is 5. The highest BCUT2D eigenvalue weighted by molar-refractivity contribution is 9.10. The van der Waals surface area contributed by atoms with Gasteiger partial charge in [0.2, 0.25) is 0 Å². The molecule has 0 aliphatic rings. The summed E-state index contributed by atoms with van der Waals surface area (Å²) >= 11 is 3.47. The third-order valence-corrected chi connectivity index (χ3v) is 4.16. The Kier molecular flexibility index (Phi) is 7.49. The number of aromatic hydroxyl groups is 1. The molecule has 0 aliphatic heterocycles. The number of rotatable bonds is 9. The van der Waals surface area contributed by atoms with Crippen molar-refractivity contribution in [1.82, 2.24) is 0 Å². The summed E-state index contributed by atoms with van der Waals surface area (Å²) in [6.45, 7) is 6.36. The molecule has 1 N–H and O–H groups in total. The topological polar surface area (TPSA) is 65.0 Å². The number of hydrogen-bond donors (Lipinski definition) is 1. The van der Waals surface area contributed by atoms with Gasteiger partial charge < -0.3 is 19.3 Å². The van der Waals surface area contributed by atoms with E-state index in [1.165, 1.54) is 31.4 Å². The average molecular weight is 433 g/mol. The number of carbonyl (C=O) groups is 1. The quantitative estimate of drug-likeness (QED) is 0.342. The van der Waals surface area contributed by atoms with Crippen LogP contribution in [-0.2, 0) is 0 Å². The minimum atomic E-state index is -0.214. The Hall–Kier alpha value is -2.73. The zero-order chi connectivity index (χ0) is 19.8. The van der Waals surface area contributed by atoms with E-state index >= 15 is 0 Å². The minimum absolute atomic E-state index is 0.0153. The molecular formula is C21H21BrO5. The van der Waals surface area contributed by atoms with E-state index in [0.717, 1.165) is 5.56 Å². The van der Waals surface area contributed by atoms with Gasteiger partial charge in [0.15, 0.2) is 28.8 Å². The van der Waals surface area contributed by atoms with Crippen LogP contribution >= 0.6 is 15.9 Å². The molecule has 2 aromatic rings. The fourth-order valence-corrected chi connectivity index (χ4v) is 2.90. The van der Waals surface area contributed by atoms with Crippen molar-refractivity contribution in [3.63, 3.8) is 0 Å². The van der Waals surface area contributed by atoms with Gasteiger partial charge in [-0.25, -0.2) is 0 Å². The van der Waals surface area contributed by atoms with Gasteiger partial charge in [0.25, 0.3) is 0 Å². The second-order valence-corrected chi connectivity index (χ2v) is 6.30. The number of ether oxygens (including phenoxy) is 3. The molecule has 0 spiro atoms.